The van der Waals surface area contributed by atoms with Crippen LogP contribution < -0.4 is 10.2 Å². The van der Waals surface area contributed by atoms with Crippen molar-refractivity contribution in [1.29, 1.82) is 0 Å². The molecule has 2 aromatic carbocycles. The van der Waals surface area contributed by atoms with Gasteiger partial charge in [-0.25, -0.2) is 4.79 Å². The summed E-state index contributed by atoms with van der Waals surface area (Å²) in [6.07, 6.45) is 1.89. The van der Waals surface area contributed by atoms with E-state index in [-0.39, 0.29) is 18.6 Å². The van der Waals surface area contributed by atoms with E-state index in [1.807, 2.05) is 30.3 Å². The summed E-state index contributed by atoms with van der Waals surface area (Å²) < 4.78 is 6.36. The lowest BCUT2D eigenvalue weighted by molar-refractivity contribution is -0.117. The number of hydrogen-bond acceptors (Lipinski definition) is 4. The molecule has 2 aliphatic heterocycles. The van der Waals surface area contributed by atoms with Gasteiger partial charge in [0.2, 0.25) is 5.91 Å². The van der Waals surface area contributed by atoms with Crippen molar-refractivity contribution < 1.29 is 14.3 Å². The Hall–Kier alpha value is -2.34. The highest BCUT2D eigenvalue weighted by Crippen LogP contribution is 2.37. The third kappa shape index (κ3) is 3.14. The minimum atomic E-state index is -0.400. The summed E-state index contributed by atoms with van der Waals surface area (Å²) in [7, 11) is 0. The lowest BCUT2D eigenvalue weighted by Crippen LogP contribution is -2.43. The standard InChI is InChI=1S/C19H17BrN2O3/c20-14-6-3-12(4-7-14)11-25-19(24)13-5-8-16-15(10-13)21-18(23)17-2-1-9-22(16)17/h3-8,10,17H,1-2,9,11H2,(H,21,23)/t17-/m1/s1. The number of carbonyl (C=O) groups is 2. The van der Waals surface area contributed by atoms with Crippen LogP contribution >= 0.6 is 15.9 Å². The normalized spacial score (nSPS) is 18.4. The first-order chi connectivity index (χ1) is 12.1. The molecule has 0 radical (unpaired) electrons. The Morgan fingerprint density at radius 3 is 2.84 bits per heavy atom. The van der Waals surface area contributed by atoms with E-state index in [1.54, 1.807) is 12.1 Å². The van der Waals surface area contributed by atoms with Gasteiger partial charge in [0.25, 0.3) is 0 Å². The van der Waals surface area contributed by atoms with Gasteiger partial charge in [-0.3, -0.25) is 4.79 Å². The van der Waals surface area contributed by atoms with E-state index in [0.717, 1.165) is 35.1 Å². The van der Waals surface area contributed by atoms with Crippen molar-refractivity contribution in [2.45, 2.75) is 25.5 Å². The van der Waals surface area contributed by atoms with Crippen LogP contribution in [0.15, 0.2) is 46.9 Å². The van der Waals surface area contributed by atoms with Crippen molar-refractivity contribution in [2.75, 3.05) is 16.8 Å². The van der Waals surface area contributed by atoms with Crippen LogP contribution in [0.2, 0.25) is 0 Å². The van der Waals surface area contributed by atoms with Crippen molar-refractivity contribution in [3.8, 4) is 0 Å². The molecule has 4 rings (SSSR count). The Bertz CT molecular complexity index is 835. The molecule has 0 saturated carbocycles. The molecule has 0 spiro atoms. The van der Waals surface area contributed by atoms with Crippen molar-refractivity contribution in [2.24, 2.45) is 0 Å². The maximum atomic E-state index is 12.3. The number of ether oxygens (including phenoxy) is 1. The van der Waals surface area contributed by atoms with E-state index < -0.39 is 5.97 Å². The second-order valence-corrected chi connectivity index (χ2v) is 7.19. The molecule has 0 aromatic heterocycles. The van der Waals surface area contributed by atoms with Gasteiger partial charge in [0.15, 0.2) is 0 Å². The molecule has 1 saturated heterocycles. The number of fused-ring (bicyclic) bond motifs is 3. The minimum absolute atomic E-state index is 0.00498. The highest BCUT2D eigenvalue weighted by atomic mass is 79.9. The number of carbonyl (C=O) groups excluding carboxylic acids is 2. The van der Waals surface area contributed by atoms with Crippen molar-refractivity contribution in [3.05, 3.63) is 58.1 Å². The lowest BCUT2D eigenvalue weighted by Gasteiger charge is -2.33. The Kier molecular flexibility index (Phi) is 4.21. The number of hydrogen-bond donors (Lipinski definition) is 1. The Labute approximate surface area is 154 Å². The zero-order valence-electron chi connectivity index (χ0n) is 13.5. The minimum Gasteiger partial charge on any atom is -0.457 e. The lowest BCUT2D eigenvalue weighted by atomic mass is 10.1. The van der Waals surface area contributed by atoms with Gasteiger partial charge in [-0.1, -0.05) is 28.1 Å². The summed E-state index contributed by atoms with van der Waals surface area (Å²) in [5, 5.41) is 2.91. The fraction of sp³-hybridized carbons (Fsp3) is 0.263. The Morgan fingerprint density at radius 2 is 2.04 bits per heavy atom. The largest absolute Gasteiger partial charge is 0.457 e. The van der Waals surface area contributed by atoms with Gasteiger partial charge >= 0.3 is 5.97 Å². The molecule has 2 heterocycles. The third-order valence-corrected chi connectivity index (χ3v) is 5.17. The molecule has 0 unspecified atom stereocenters. The SMILES string of the molecule is O=C(OCc1ccc(Br)cc1)c1ccc2c(c1)NC(=O)[C@H]1CCCN21. The van der Waals surface area contributed by atoms with E-state index in [9.17, 15) is 9.59 Å². The predicted octanol–water partition coefficient (Wildman–Crippen LogP) is 3.73. The molecule has 5 nitrogen and oxygen atoms in total. The monoisotopic (exact) mass is 400 g/mol. The molecular weight excluding hydrogens is 384 g/mol. The van der Waals surface area contributed by atoms with Crippen LogP contribution in [0.5, 0.6) is 0 Å². The first-order valence-electron chi connectivity index (χ1n) is 8.25. The highest BCUT2D eigenvalue weighted by molar-refractivity contribution is 9.10. The van der Waals surface area contributed by atoms with E-state index in [4.69, 9.17) is 4.74 Å². The average molecular weight is 401 g/mol. The quantitative estimate of drug-likeness (QED) is 0.797. The molecule has 2 aromatic rings. The predicted molar refractivity (Wildman–Crippen MR) is 98.7 cm³/mol. The van der Waals surface area contributed by atoms with E-state index >= 15 is 0 Å². The highest BCUT2D eigenvalue weighted by Gasteiger charge is 2.36. The van der Waals surface area contributed by atoms with Crippen LogP contribution in [-0.2, 0) is 16.1 Å². The number of nitrogens with one attached hydrogen (secondary N) is 1. The number of halogens is 1. The summed E-state index contributed by atoms with van der Waals surface area (Å²) in [6.45, 7) is 1.09. The molecule has 0 aliphatic carbocycles. The molecule has 0 bridgehead atoms. The van der Waals surface area contributed by atoms with Crippen molar-refractivity contribution >= 4 is 39.2 Å². The maximum Gasteiger partial charge on any atom is 0.338 e. The first-order valence-corrected chi connectivity index (χ1v) is 9.04. The number of anilines is 2. The fourth-order valence-electron chi connectivity index (χ4n) is 3.37. The van der Waals surface area contributed by atoms with Crippen LogP contribution in [0.25, 0.3) is 0 Å². The van der Waals surface area contributed by atoms with Crippen LogP contribution in [0.3, 0.4) is 0 Å². The number of amides is 1. The van der Waals surface area contributed by atoms with Crippen molar-refractivity contribution in [3.63, 3.8) is 0 Å². The second-order valence-electron chi connectivity index (χ2n) is 6.28. The molecular formula is C19H17BrN2O3. The van der Waals surface area contributed by atoms with Gasteiger partial charge < -0.3 is 15.0 Å². The van der Waals surface area contributed by atoms with Gasteiger partial charge in [0, 0.05) is 11.0 Å². The molecule has 1 fully saturated rings. The average Bonchev–Trinajstić information content (AvgIpc) is 3.11. The fourth-order valence-corrected chi connectivity index (χ4v) is 3.63. The summed E-state index contributed by atoms with van der Waals surface area (Å²) in [5.41, 5.74) is 3.02. The smallest absolute Gasteiger partial charge is 0.338 e. The Balaban J connectivity index is 1.49. The molecule has 128 valence electrons. The van der Waals surface area contributed by atoms with Crippen LogP contribution in [0.4, 0.5) is 11.4 Å². The van der Waals surface area contributed by atoms with Gasteiger partial charge in [0.1, 0.15) is 12.6 Å². The topological polar surface area (TPSA) is 58.6 Å². The van der Waals surface area contributed by atoms with Crippen LogP contribution in [0.1, 0.15) is 28.8 Å². The second kappa shape index (κ2) is 6.52. The molecule has 1 atom stereocenters. The summed E-state index contributed by atoms with van der Waals surface area (Å²) in [5.74, 6) is -0.395. The van der Waals surface area contributed by atoms with E-state index in [2.05, 4.69) is 26.1 Å². The molecule has 1 N–H and O–H groups in total. The number of rotatable bonds is 3. The zero-order valence-corrected chi connectivity index (χ0v) is 15.1. The third-order valence-electron chi connectivity index (χ3n) is 4.64. The molecule has 25 heavy (non-hydrogen) atoms. The van der Waals surface area contributed by atoms with Gasteiger partial charge in [-0.05, 0) is 48.7 Å². The van der Waals surface area contributed by atoms with Gasteiger partial charge in [0.05, 0.1) is 16.9 Å². The van der Waals surface area contributed by atoms with E-state index in [1.165, 1.54) is 0 Å². The van der Waals surface area contributed by atoms with Gasteiger partial charge in [-0.2, -0.15) is 0 Å². The van der Waals surface area contributed by atoms with Crippen LogP contribution in [-0.4, -0.2) is 24.5 Å². The van der Waals surface area contributed by atoms with Crippen molar-refractivity contribution in [1.82, 2.24) is 0 Å². The summed E-state index contributed by atoms with van der Waals surface area (Å²) in [4.78, 5) is 26.6. The molecule has 2 aliphatic rings. The summed E-state index contributed by atoms with van der Waals surface area (Å²) >= 11 is 3.38. The van der Waals surface area contributed by atoms with E-state index in [0.29, 0.717) is 11.3 Å². The van der Waals surface area contributed by atoms with Crippen LogP contribution in [0, 0.1) is 0 Å². The Morgan fingerprint density at radius 1 is 1.24 bits per heavy atom. The molecule has 1 amide bonds. The molecule has 6 heteroatoms. The number of esters is 1. The summed E-state index contributed by atoms with van der Waals surface area (Å²) in [6, 6.07) is 12.9. The zero-order chi connectivity index (χ0) is 17.4. The number of nitrogens with zero attached hydrogens (tertiary/aromatic N) is 1. The van der Waals surface area contributed by atoms with Gasteiger partial charge in [-0.15, -0.1) is 0 Å². The first kappa shape index (κ1) is 16.1. The number of benzene rings is 2. The maximum absolute atomic E-state index is 12.3.